The van der Waals surface area contributed by atoms with Crippen molar-refractivity contribution in [2.45, 2.75) is 13.2 Å². The van der Waals surface area contributed by atoms with E-state index >= 15 is 0 Å². The number of benzene rings is 1. The maximum absolute atomic E-state index is 13.2. The van der Waals surface area contributed by atoms with Crippen LogP contribution < -0.4 is 4.74 Å². The Kier molecular flexibility index (Phi) is 4.64. The third-order valence-electron chi connectivity index (χ3n) is 2.09. The minimum absolute atomic E-state index is 0.103. The molecule has 0 aliphatic rings. The third kappa shape index (κ3) is 2.89. The van der Waals surface area contributed by atoms with E-state index in [4.69, 9.17) is 9.47 Å². The van der Waals surface area contributed by atoms with Crippen LogP contribution >= 0.6 is 0 Å². The lowest BCUT2D eigenvalue weighted by Crippen LogP contribution is -2.00. The van der Waals surface area contributed by atoms with Crippen LogP contribution in [-0.4, -0.2) is 20.3 Å². The van der Waals surface area contributed by atoms with Crippen molar-refractivity contribution in [3.63, 3.8) is 0 Å². The van der Waals surface area contributed by atoms with E-state index in [1.54, 1.807) is 0 Å². The molecule has 0 heterocycles. The highest BCUT2D eigenvalue weighted by atomic mass is 19.1. The molecule has 0 atom stereocenters. The van der Waals surface area contributed by atoms with Gasteiger partial charge >= 0.3 is 0 Å². The highest BCUT2D eigenvalue weighted by Crippen LogP contribution is 2.25. The molecular formula is C11H12FNO3. The summed E-state index contributed by atoms with van der Waals surface area (Å²) in [5.41, 5.74) is 1.24. The number of ether oxygens (including phenoxy) is 2. The molecule has 5 heteroatoms. The van der Waals surface area contributed by atoms with Crippen molar-refractivity contribution in [3.05, 3.63) is 29.1 Å². The number of carbonyl (C=O) groups excluding carboxylic acids is 1. The van der Waals surface area contributed by atoms with Gasteiger partial charge in [-0.15, -0.1) is 0 Å². The van der Waals surface area contributed by atoms with E-state index in [-0.39, 0.29) is 13.2 Å². The SMILES string of the molecule is COCc1cc(F)cc(OC)c1CN=C=O. The second kappa shape index (κ2) is 6.00. The molecule has 0 saturated carbocycles. The van der Waals surface area contributed by atoms with Gasteiger partial charge in [-0.25, -0.2) is 14.2 Å². The lowest BCUT2D eigenvalue weighted by atomic mass is 10.1. The Morgan fingerprint density at radius 3 is 2.75 bits per heavy atom. The molecule has 86 valence electrons. The summed E-state index contributed by atoms with van der Waals surface area (Å²) in [5.74, 6) is -0.0613. The molecule has 0 fully saturated rings. The zero-order chi connectivity index (χ0) is 12.0. The molecule has 0 amide bonds. The van der Waals surface area contributed by atoms with Crippen LogP contribution in [0.25, 0.3) is 0 Å². The summed E-state index contributed by atoms with van der Waals surface area (Å²) >= 11 is 0. The molecule has 0 saturated heterocycles. The molecule has 0 aliphatic carbocycles. The molecule has 1 aromatic carbocycles. The highest BCUT2D eigenvalue weighted by Gasteiger charge is 2.11. The normalized spacial score (nSPS) is 9.69. The average Bonchev–Trinajstić information content (AvgIpc) is 2.27. The molecule has 4 nitrogen and oxygen atoms in total. The Hall–Kier alpha value is -1.71. The molecule has 0 unspecified atom stereocenters. The van der Waals surface area contributed by atoms with Gasteiger partial charge in [-0.1, -0.05) is 0 Å². The van der Waals surface area contributed by atoms with Gasteiger partial charge in [-0.05, 0) is 11.6 Å². The minimum atomic E-state index is -0.414. The van der Waals surface area contributed by atoms with Crippen LogP contribution in [0.3, 0.4) is 0 Å². The first-order valence-electron chi connectivity index (χ1n) is 4.60. The number of isocyanates is 1. The zero-order valence-corrected chi connectivity index (χ0v) is 9.12. The molecule has 1 rings (SSSR count). The number of rotatable bonds is 5. The summed E-state index contributed by atoms with van der Waals surface area (Å²) in [5, 5.41) is 0. The summed E-state index contributed by atoms with van der Waals surface area (Å²) in [6.45, 7) is 0.337. The van der Waals surface area contributed by atoms with Crippen molar-refractivity contribution < 1.29 is 18.7 Å². The van der Waals surface area contributed by atoms with E-state index in [1.807, 2.05) is 0 Å². The largest absolute Gasteiger partial charge is 0.496 e. The highest BCUT2D eigenvalue weighted by molar-refractivity contribution is 5.42. The zero-order valence-electron chi connectivity index (χ0n) is 9.12. The quantitative estimate of drug-likeness (QED) is 0.567. The van der Waals surface area contributed by atoms with Gasteiger partial charge in [0.15, 0.2) is 0 Å². The third-order valence-corrected chi connectivity index (χ3v) is 2.09. The molecule has 0 aromatic heterocycles. The predicted molar refractivity (Wildman–Crippen MR) is 55.5 cm³/mol. The lowest BCUT2D eigenvalue weighted by molar-refractivity contribution is 0.183. The number of methoxy groups -OCH3 is 2. The fraction of sp³-hybridized carbons (Fsp3) is 0.364. The van der Waals surface area contributed by atoms with E-state index in [1.165, 1.54) is 32.4 Å². The van der Waals surface area contributed by atoms with E-state index in [0.29, 0.717) is 16.9 Å². The number of aliphatic imine (C=N–C) groups is 1. The molecule has 16 heavy (non-hydrogen) atoms. The number of nitrogens with zero attached hydrogens (tertiary/aromatic N) is 1. The van der Waals surface area contributed by atoms with Gasteiger partial charge in [0, 0.05) is 18.7 Å². The Bertz CT molecular complexity index is 414. The number of hydrogen-bond donors (Lipinski definition) is 0. The van der Waals surface area contributed by atoms with Crippen molar-refractivity contribution in [3.8, 4) is 5.75 Å². The summed E-state index contributed by atoms with van der Waals surface area (Å²) < 4.78 is 23.2. The van der Waals surface area contributed by atoms with E-state index < -0.39 is 5.82 Å². The average molecular weight is 225 g/mol. The maximum Gasteiger partial charge on any atom is 0.235 e. The minimum Gasteiger partial charge on any atom is -0.496 e. The fourth-order valence-electron chi connectivity index (χ4n) is 1.42. The smallest absolute Gasteiger partial charge is 0.235 e. The van der Waals surface area contributed by atoms with Crippen LogP contribution in [0.1, 0.15) is 11.1 Å². The van der Waals surface area contributed by atoms with Crippen molar-refractivity contribution in [2.75, 3.05) is 14.2 Å². The summed E-state index contributed by atoms with van der Waals surface area (Å²) in [4.78, 5) is 13.5. The molecule has 0 spiro atoms. The number of halogens is 1. The van der Waals surface area contributed by atoms with Crippen LogP contribution in [-0.2, 0) is 22.7 Å². The molecular weight excluding hydrogens is 213 g/mol. The second-order valence-electron chi connectivity index (χ2n) is 3.09. The van der Waals surface area contributed by atoms with Crippen molar-refractivity contribution >= 4 is 6.08 Å². The Morgan fingerprint density at radius 2 is 2.19 bits per heavy atom. The number of hydrogen-bond acceptors (Lipinski definition) is 4. The topological polar surface area (TPSA) is 47.9 Å². The van der Waals surface area contributed by atoms with E-state index in [0.717, 1.165) is 0 Å². The van der Waals surface area contributed by atoms with Gasteiger partial charge in [0.1, 0.15) is 11.6 Å². The van der Waals surface area contributed by atoms with Crippen molar-refractivity contribution in [2.24, 2.45) is 4.99 Å². The van der Waals surface area contributed by atoms with Gasteiger partial charge in [0.2, 0.25) is 6.08 Å². The van der Waals surface area contributed by atoms with Gasteiger partial charge < -0.3 is 9.47 Å². The van der Waals surface area contributed by atoms with Gasteiger partial charge in [0.25, 0.3) is 0 Å². The predicted octanol–water partition coefficient (Wildman–Crippen LogP) is 1.82. The molecule has 0 N–H and O–H groups in total. The molecule has 0 bridgehead atoms. The summed E-state index contributed by atoms with van der Waals surface area (Å²) in [6.07, 6.45) is 1.44. The molecule has 0 radical (unpaired) electrons. The first-order chi connectivity index (χ1) is 7.72. The first kappa shape index (κ1) is 12.4. The fourth-order valence-corrected chi connectivity index (χ4v) is 1.42. The first-order valence-corrected chi connectivity index (χ1v) is 4.60. The van der Waals surface area contributed by atoms with Crippen LogP contribution in [0, 0.1) is 5.82 Å². The Morgan fingerprint density at radius 1 is 1.44 bits per heavy atom. The second-order valence-corrected chi connectivity index (χ2v) is 3.09. The Labute approximate surface area is 92.7 Å². The van der Waals surface area contributed by atoms with Gasteiger partial charge in [0.05, 0.1) is 20.3 Å². The van der Waals surface area contributed by atoms with E-state index in [2.05, 4.69) is 4.99 Å². The maximum atomic E-state index is 13.2. The monoisotopic (exact) mass is 225 g/mol. The van der Waals surface area contributed by atoms with Gasteiger partial charge in [-0.2, -0.15) is 0 Å². The molecule has 1 aromatic rings. The van der Waals surface area contributed by atoms with Crippen molar-refractivity contribution in [1.29, 1.82) is 0 Å². The standard InChI is InChI=1S/C11H12FNO3/c1-15-6-8-3-9(12)4-11(16-2)10(8)5-13-7-14/h3-4H,5-6H2,1-2H3. The van der Waals surface area contributed by atoms with E-state index in [9.17, 15) is 9.18 Å². The summed E-state index contributed by atoms with van der Waals surface area (Å²) in [7, 11) is 2.93. The van der Waals surface area contributed by atoms with Crippen LogP contribution in [0.4, 0.5) is 4.39 Å². The van der Waals surface area contributed by atoms with Crippen LogP contribution in [0.5, 0.6) is 5.75 Å². The van der Waals surface area contributed by atoms with Gasteiger partial charge in [-0.3, -0.25) is 0 Å². The lowest BCUT2D eigenvalue weighted by Gasteiger charge is -2.11. The van der Waals surface area contributed by atoms with Crippen LogP contribution in [0.15, 0.2) is 17.1 Å². The molecule has 0 aliphatic heterocycles. The van der Waals surface area contributed by atoms with Crippen LogP contribution in [0.2, 0.25) is 0 Å². The van der Waals surface area contributed by atoms with Crippen molar-refractivity contribution in [1.82, 2.24) is 0 Å². The Balaban J connectivity index is 3.20. The summed E-state index contributed by atoms with van der Waals surface area (Å²) in [6, 6.07) is 2.58.